The van der Waals surface area contributed by atoms with Gasteiger partial charge in [0.25, 0.3) is 0 Å². The Morgan fingerprint density at radius 1 is 0.938 bits per heavy atom. The van der Waals surface area contributed by atoms with Crippen molar-refractivity contribution in [2.45, 2.75) is 6.92 Å². The average molecular weight is 434 g/mol. The van der Waals surface area contributed by atoms with Crippen LogP contribution < -0.4 is 19.7 Å². The molecule has 1 saturated heterocycles. The van der Waals surface area contributed by atoms with Gasteiger partial charge in [0.05, 0.1) is 19.9 Å². The Balaban J connectivity index is 1.39. The normalized spacial score (nSPS) is 13.6. The number of methoxy groups -OCH3 is 2. The van der Waals surface area contributed by atoms with Crippen LogP contribution in [0.3, 0.4) is 0 Å². The standard InChI is InChI=1S/C24H27N5O3/c1-17-6-4-5-7-20(17)25-24(30)29-14-12-28(13-15-29)23-11-9-21(26-27-23)19-16-18(31-2)8-10-22(19)32-3/h4-11,16H,12-15H2,1-3H3,(H,25,30). The lowest BCUT2D eigenvalue weighted by Crippen LogP contribution is -2.50. The average Bonchev–Trinajstić information content (AvgIpc) is 2.85. The highest BCUT2D eigenvalue weighted by Crippen LogP contribution is 2.32. The third kappa shape index (κ3) is 4.59. The fourth-order valence-corrected chi connectivity index (χ4v) is 3.70. The molecule has 1 aliphatic rings. The molecule has 2 heterocycles. The number of hydrogen-bond acceptors (Lipinski definition) is 6. The minimum Gasteiger partial charge on any atom is -0.497 e. The van der Waals surface area contributed by atoms with Crippen molar-refractivity contribution < 1.29 is 14.3 Å². The zero-order valence-electron chi connectivity index (χ0n) is 18.5. The molecule has 0 bridgehead atoms. The molecule has 32 heavy (non-hydrogen) atoms. The van der Waals surface area contributed by atoms with Crippen molar-refractivity contribution in [1.82, 2.24) is 15.1 Å². The van der Waals surface area contributed by atoms with Gasteiger partial charge in [-0.3, -0.25) is 0 Å². The maximum Gasteiger partial charge on any atom is 0.321 e. The first-order valence-corrected chi connectivity index (χ1v) is 10.5. The molecule has 8 heteroatoms. The number of ether oxygens (including phenoxy) is 2. The van der Waals surface area contributed by atoms with Gasteiger partial charge in [-0.1, -0.05) is 18.2 Å². The first kappa shape index (κ1) is 21.4. The van der Waals surface area contributed by atoms with E-state index in [-0.39, 0.29) is 6.03 Å². The Labute approximate surface area is 187 Å². The van der Waals surface area contributed by atoms with Gasteiger partial charge in [0.1, 0.15) is 11.5 Å². The van der Waals surface area contributed by atoms with Gasteiger partial charge in [-0.05, 0) is 48.9 Å². The summed E-state index contributed by atoms with van der Waals surface area (Å²) in [5, 5.41) is 11.8. The van der Waals surface area contributed by atoms with E-state index in [0.29, 0.717) is 37.6 Å². The molecule has 4 rings (SSSR count). The quantitative estimate of drug-likeness (QED) is 0.659. The number of aryl methyl sites for hydroxylation is 1. The maximum atomic E-state index is 12.6. The van der Waals surface area contributed by atoms with Crippen LogP contribution in [0.1, 0.15) is 5.56 Å². The molecule has 0 radical (unpaired) electrons. The van der Waals surface area contributed by atoms with Crippen LogP contribution in [0.15, 0.2) is 54.6 Å². The van der Waals surface area contributed by atoms with Gasteiger partial charge in [-0.15, -0.1) is 10.2 Å². The molecule has 3 aromatic rings. The van der Waals surface area contributed by atoms with E-state index in [1.807, 2.05) is 66.4 Å². The molecule has 0 atom stereocenters. The molecular weight excluding hydrogens is 406 g/mol. The van der Waals surface area contributed by atoms with E-state index in [1.54, 1.807) is 14.2 Å². The van der Waals surface area contributed by atoms with Crippen molar-refractivity contribution in [2.24, 2.45) is 0 Å². The van der Waals surface area contributed by atoms with Gasteiger partial charge in [-0.25, -0.2) is 4.79 Å². The van der Waals surface area contributed by atoms with Crippen molar-refractivity contribution in [3.8, 4) is 22.8 Å². The lowest BCUT2D eigenvalue weighted by Gasteiger charge is -2.35. The molecule has 1 aromatic heterocycles. The van der Waals surface area contributed by atoms with E-state index < -0.39 is 0 Å². The van der Waals surface area contributed by atoms with Crippen LogP contribution in [0.4, 0.5) is 16.3 Å². The number of aromatic nitrogens is 2. The minimum absolute atomic E-state index is 0.0782. The Morgan fingerprint density at radius 3 is 2.38 bits per heavy atom. The highest BCUT2D eigenvalue weighted by Gasteiger charge is 2.22. The van der Waals surface area contributed by atoms with Gasteiger partial charge < -0.3 is 24.6 Å². The molecule has 1 N–H and O–H groups in total. The smallest absolute Gasteiger partial charge is 0.321 e. The topological polar surface area (TPSA) is 79.8 Å². The van der Waals surface area contributed by atoms with Crippen LogP contribution in [0, 0.1) is 6.92 Å². The molecule has 2 aromatic carbocycles. The summed E-state index contributed by atoms with van der Waals surface area (Å²) in [5.41, 5.74) is 3.42. The van der Waals surface area contributed by atoms with E-state index >= 15 is 0 Å². The predicted molar refractivity (Wildman–Crippen MR) is 125 cm³/mol. The Kier molecular flexibility index (Phi) is 6.39. The summed E-state index contributed by atoms with van der Waals surface area (Å²) >= 11 is 0. The highest BCUT2D eigenvalue weighted by atomic mass is 16.5. The second-order valence-corrected chi connectivity index (χ2v) is 7.56. The van der Waals surface area contributed by atoms with E-state index in [9.17, 15) is 4.79 Å². The summed E-state index contributed by atoms with van der Waals surface area (Å²) in [5.74, 6) is 2.22. The van der Waals surface area contributed by atoms with Gasteiger partial charge >= 0.3 is 6.03 Å². The Morgan fingerprint density at radius 2 is 1.72 bits per heavy atom. The third-order valence-corrected chi connectivity index (χ3v) is 5.61. The van der Waals surface area contributed by atoms with Crippen molar-refractivity contribution >= 4 is 17.5 Å². The lowest BCUT2D eigenvalue weighted by atomic mass is 10.1. The lowest BCUT2D eigenvalue weighted by molar-refractivity contribution is 0.208. The first-order chi connectivity index (χ1) is 15.6. The summed E-state index contributed by atoms with van der Waals surface area (Å²) in [7, 11) is 3.25. The van der Waals surface area contributed by atoms with Crippen LogP contribution >= 0.6 is 0 Å². The van der Waals surface area contributed by atoms with Crippen LogP contribution in [0.2, 0.25) is 0 Å². The van der Waals surface area contributed by atoms with Crippen molar-refractivity contribution in [1.29, 1.82) is 0 Å². The molecule has 1 aliphatic heterocycles. The van der Waals surface area contributed by atoms with Crippen LogP contribution in [0.5, 0.6) is 11.5 Å². The van der Waals surface area contributed by atoms with Crippen molar-refractivity contribution in [3.63, 3.8) is 0 Å². The first-order valence-electron chi connectivity index (χ1n) is 10.5. The Bertz CT molecular complexity index is 1080. The molecule has 166 valence electrons. The van der Waals surface area contributed by atoms with E-state index in [0.717, 1.165) is 28.4 Å². The number of anilines is 2. The number of nitrogens with zero attached hydrogens (tertiary/aromatic N) is 4. The maximum absolute atomic E-state index is 12.6. The number of benzene rings is 2. The summed E-state index contributed by atoms with van der Waals surface area (Å²) in [6, 6.07) is 17.2. The molecular formula is C24H27N5O3. The SMILES string of the molecule is COc1ccc(OC)c(-c2ccc(N3CCN(C(=O)Nc4ccccc4C)CC3)nn2)c1. The van der Waals surface area contributed by atoms with Crippen LogP contribution in [-0.2, 0) is 0 Å². The number of hydrogen-bond donors (Lipinski definition) is 1. The number of piperazine rings is 1. The largest absolute Gasteiger partial charge is 0.497 e. The number of rotatable bonds is 5. The third-order valence-electron chi connectivity index (χ3n) is 5.61. The molecule has 1 fully saturated rings. The number of amides is 2. The highest BCUT2D eigenvalue weighted by molar-refractivity contribution is 5.90. The van der Waals surface area contributed by atoms with Crippen LogP contribution in [0.25, 0.3) is 11.3 Å². The van der Waals surface area contributed by atoms with Crippen molar-refractivity contribution in [2.75, 3.05) is 50.6 Å². The number of carbonyl (C=O) groups is 1. The molecule has 0 saturated carbocycles. The zero-order valence-corrected chi connectivity index (χ0v) is 18.5. The minimum atomic E-state index is -0.0782. The molecule has 8 nitrogen and oxygen atoms in total. The predicted octanol–water partition coefficient (Wildman–Crippen LogP) is 3.82. The Hall–Kier alpha value is -3.81. The van der Waals surface area contributed by atoms with Crippen molar-refractivity contribution in [3.05, 3.63) is 60.2 Å². The number of para-hydroxylation sites is 1. The zero-order chi connectivity index (χ0) is 22.5. The van der Waals surface area contributed by atoms with E-state index in [1.165, 1.54) is 0 Å². The van der Waals surface area contributed by atoms with E-state index in [2.05, 4.69) is 20.4 Å². The fraction of sp³-hybridized carbons (Fsp3) is 0.292. The molecule has 0 aliphatic carbocycles. The van der Waals surface area contributed by atoms with Gasteiger partial charge in [-0.2, -0.15) is 0 Å². The number of urea groups is 1. The second kappa shape index (κ2) is 9.55. The molecule has 2 amide bonds. The van der Waals surface area contributed by atoms with Gasteiger partial charge in [0.15, 0.2) is 5.82 Å². The summed E-state index contributed by atoms with van der Waals surface area (Å²) < 4.78 is 10.8. The number of carbonyl (C=O) groups excluding carboxylic acids is 1. The summed E-state index contributed by atoms with van der Waals surface area (Å²) in [6.45, 7) is 4.60. The van der Waals surface area contributed by atoms with Gasteiger partial charge in [0.2, 0.25) is 0 Å². The summed E-state index contributed by atoms with van der Waals surface area (Å²) in [4.78, 5) is 16.6. The van der Waals surface area contributed by atoms with E-state index in [4.69, 9.17) is 9.47 Å². The second-order valence-electron chi connectivity index (χ2n) is 7.56. The summed E-state index contributed by atoms with van der Waals surface area (Å²) in [6.07, 6.45) is 0. The van der Waals surface area contributed by atoms with Crippen LogP contribution in [-0.4, -0.2) is 61.5 Å². The monoisotopic (exact) mass is 433 g/mol. The number of nitrogens with one attached hydrogen (secondary N) is 1. The fourth-order valence-electron chi connectivity index (χ4n) is 3.70. The molecule has 0 spiro atoms. The van der Waals surface area contributed by atoms with Gasteiger partial charge in [0, 0.05) is 37.4 Å². The molecule has 0 unspecified atom stereocenters.